The van der Waals surface area contributed by atoms with Crippen molar-refractivity contribution in [1.29, 1.82) is 0 Å². The molecule has 0 fully saturated rings. The third kappa shape index (κ3) is 5.14. The van der Waals surface area contributed by atoms with Crippen LogP contribution in [0.2, 0.25) is 0 Å². The van der Waals surface area contributed by atoms with Crippen LogP contribution in [0.1, 0.15) is 39.8 Å². The lowest BCUT2D eigenvalue weighted by Crippen LogP contribution is -2.17. The molecule has 0 atom stereocenters. The predicted molar refractivity (Wildman–Crippen MR) is 113 cm³/mol. The molecule has 0 unspecified atom stereocenters. The first-order valence-electron chi connectivity index (χ1n) is 9.46. The fraction of sp³-hybridized carbons (Fsp3) is 0.174. The average Bonchev–Trinajstić information content (AvgIpc) is 3.26. The van der Waals surface area contributed by atoms with E-state index >= 15 is 0 Å². The van der Waals surface area contributed by atoms with Crippen molar-refractivity contribution in [2.45, 2.75) is 13.3 Å². The van der Waals surface area contributed by atoms with Gasteiger partial charge in [-0.25, -0.2) is 10.2 Å². The van der Waals surface area contributed by atoms with Crippen molar-refractivity contribution in [3.63, 3.8) is 0 Å². The van der Waals surface area contributed by atoms with E-state index in [0.29, 0.717) is 40.6 Å². The van der Waals surface area contributed by atoms with Gasteiger partial charge < -0.3 is 13.9 Å². The zero-order valence-electron chi connectivity index (χ0n) is 16.8. The summed E-state index contributed by atoms with van der Waals surface area (Å²) in [7, 11) is 1.33. The van der Waals surface area contributed by atoms with Gasteiger partial charge in [0.2, 0.25) is 0 Å². The van der Waals surface area contributed by atoms with E-state index in [0.717, 1.165) is 6.42 Å². The molecule has 3 rings (SSSR count). The SMILES string of the molecule is CCCOc1ccc(C(=O)N/N=C/c2ccc(-c3ccccc3C(=O)OC)o2)cc1. The zero-order chi connectivity index (χ0) is 21.3. The van der Waals surface area contributed by atoms with Crippen LogP contribution in [0, 0.1) is 0 Å². The third-order valence-corrected chi connectivity index (χ3v) is 4.17. The summed E-state index contributed by atoms with van der Waals surface area (Å²) < 4.78 is 16.0. The van der Waals surface area contributed by atoms with Crippen molar-refractivity contribution in [1.82, 2.24) is 5.43 Å². The van der Waals surface area contributed by atoms with E-state index in [-0.39, 0.29) is 5.91 Å². The molecular formula is C23H22N2O5. The Labute approximate surface area is 174 Å². The fourth-order valence-corrected chi connectivity index (χ4v) is 2.69. The summed E-state index contributed by atoms with van der Waals surface area (Å²) in [5.74, 6) is 0.832. The number of furan rings is 1. The Kier molecular flexibility index (Phi) is 7.00. The van der Waals surface area contributed by atoms with Gasteiger partial charge in [-0.15, -0.1) is 0 Å². The molecule has 7 heteroatoms. The fourth-order valence-electron chi connectivity index (χ4n) is 2.69. The Balaban J connectivity index is 1.64. The van der Waals surface area contributed by atoms with Crippen LogP contribution in [0.15, 0.2) is 70.2 Å². The van der Waals surface area contributed by atoms with Crippen LogP contribution in [-0.4, -0.2) is 31.8 Å². The smallest absolute Gasteiger partial charge is 0.338 e. The second-order valence-corrected chi connectivity index (χ2v) is 6.31. The molecule has 0 spiro atoms. The van der Waals surface area contributed by atoms with Gasteiger partial charge in [-0.2, -0.15) is 5.10 Å². The molecule has 3 aromatic rings. The topological polar surface area (TPSA) is 90.1 Å². The van der Waals surface area contributed by atoms with Crippen LogP contribution in [0.4, 0.5) is 0 Å². The van der Waals surface area contributed by atoms with Gasteiger partial charge in [0.15, 0.2) is 0 Å². The minimum atomic E-state index is -0.449. The van der Waals surface area contributed by atoms with E-state index in [9.17, 15) is 9.59 Å². The van der Waals surface area contributed by atoms with E-state index in [2.05, 4.69) is 10.5 Å². The maximum atomic E-state index is 12.2. The molecule has 0 saturated heterocycles. The highest BCUT2D eigenvalue weighted by atomic mass is 16.5. The van der Waals surface area contributed by atoms with Crippen LogP contribution in [0.3, 0.4) is 0 Å². The molecule has 0 aliphatic rings. The molecule has 0 radical (unpaired) electrons. The van der Waals surface area contributed by atoms with Crippen molar-refractivity contribution in [3.8, 4) is 17.1 Å². The number of nitrogens with one attached hydrogen (secondary N) is 1. The molecule has 1 aromatic heterocycles. The van der Waals surface area contributed by atoms with Crippen molar-refractivity contribution in [2.24, 2.45) is 5.10 Å². The molecule has 154 valence electrons. The quantitative estimate of drug-likeness (QED) is 0.342. The van der Waals surface area contributed by atoms with Crippen LogP contribution in [-0.2, 0) is 4.74 Å². The molecule has 0 bridgehead atoms. The number of ether oxygens (including phenoxy) is 2. The predicted octanol–water partition coefficient (Wildman–Crippen LogP) is 4.29. The van der Waals surface area contributed by atoms with E-state index in [1.54, 1.807) is 60.7 Å². The number of esters is 1. The highest BCUT2D eigenvalue weighted by Gasteiger charge is 2.15. The number of hydrogen-bond donors (Lipinski definition) is 1. The second kappa shape index (κ2) is 10.1. The summed E-state index contributed by atoms with van der Waals surface area (Å²) in [6.45, 7) is 2.66. The Morgan fingerprint density at radius 3 is 2.57 bits per heavy atom. The van der Waals surface area contributed by atoms with Gasteiger partial charge in [0.25, 0.3) is 5.91 Å². The Hall–Kier alpha value is -3.87. The monoisotopic (exact) mass is 406 g/mol. The van der Waals surface area contributed by atoms with Gasteiger partial charge in [-0.1, -0.05) is 25.1 Å². The molecule has 7 nitrogen and oxygen atoms in total. The highest BCUT2D eigenvalue weighted by Crippen LogP contribution is 2.26. The number of carbonyl (C=O) groups is 2. The maximum Gasteiger partial charge on any atom is 0.338 e. The summed E-state index contributed by atoms with van der Waals surface area (Å²) in [5, 5.41) is 3.93. The van der Waals surface area contributed by atoms with Crippen LogP contribution in [0.25, 0.3) is 11.3 Å². The molecular weight excluding hydrogens is 384 g/mol. The first-order chi connectivity index (χ1) is 14.6. The number of hydrazone groups is 1. The van der Waals surface area contributed by atoms with Gasteiger partial charge >= 0.3 is 5.97 Å². The molecule has 1 heterocycles. The van der Waals surface area contributed by atoms with Gasteiger partial charge in [0.1, 0.15) is 17.3 Å². The first kappa shape index (κ1) is 20.9. The van der Waals surface area contributed by atoms with E-state index in [4.69, 9.17) is 13.9 Å². The van der Waals surface area contributed by atoms with E-state index in [1.165, 1.54) is 13.3 Å². The minimum Gasteiger partial charge on any atom is -0.494 e. The average molecular weight is 406 g/mol. The van der Waals surface area contributed by atoms with Crippen molar-refractivity contribution >= 4 is 18.1 Å². The van der Waals surface area contributed by atoms with E-state index in [1.807, 2.05) is 6.92 Å². The first-order valence-corrected chi connectivity index (χ1v) is 9.46. The lowest BCUT2D eigenvalue weighted by molar-refractivity contribution is 0.0601. The van der Waals surface area contributed by atoms with Gasteiger partial charge in [-0.3, -0.25) is 4.79 Å². The van der Waals surface area contributed by atoms with Gasteiger partial charge in [0.05, 0.1) is 25.5 Å². The van der Waals surface area contributed by atoms with Crippen molar-refractivity contribution in [3.05, 3.63) is 77.6 Å². The van der Waals surface area contributed by atoms with Crippen molar-refractivity contribution < 1.29 is 23.5 Å². The van der Waals surface area contributed by atoms with Crippen molar-refractivity contribution in [2.75, 3.05) is 13.7 Å². The summed E-state index contributed by atoms with van der Waals surface area (Å²) in [5.41, 5.74) is 3.92. The largest absolute Gasteiger partial charge is 0.494 e. The zero-order valence-corrected chi connectivity index (χ0v) is 16.8. The molecule has 1 amide bonds. The summed E-state index contributed by atoms with van der Waals surface area (Å²) in [6, 6.07) is 17.2. The number of methoxy groups -OCH3 is 1. The number of nitrogens with zero attached hydrogens (tertiary/aromatic N) is 1. The van der Waals surface area contributed by atoms with Gasteiger partial charge in [0, 0.05) is 11.1 Å². The highest BCUT2D eigenvalue weighted by molar-refractivity contribution is 5.97. The normalized spacial score (nSPS) is 10.7. The number of rotatable bonds is 8. The van der Waals surface area contributed by atoms with Gasteiger partial charge in [-0.05, 0) is 48.9 Å². The molecule has 1 N–H and O–H groups in total. The summed E-state index contributed by atoms with van der Waals surface area (Å²) in [4.78, 5) is 24.1. The van der Waals surface area contributed by atoms with Crippen LogP contribution < -0.4 is 10.2 Å². The molecule has 0 aliphatic heterocycles. The molecule has 30 heavy (non-hydrogen) atoms. The number of benzene rings is 2. The maximum absolute atomic E-state index is 12.2. The second-order valence-electron chi connectivity index (χ2n) is 6.31. The lowest BCUT2D eigenvalue weighted by atomic mass is 10.1. The summed E-state index contributed by atoms with van der Waals surface area (Å²) >= 11 is 0. The Morgan fingerprint density at radius 2 is 1.83 bits per heavy atom. The Morgan fingerprint density at radius 1 is 1.07 bits per heavy atom. The summed E-state index contributed by atoms with van der Waals surface area (Å²) in [6.07, 6.45) is 2.31. The third-order valence-electron chi connectivity index (χ3n) is 4.17. The molecule has 2 aromatic carbocycles. The van der Waals surface area contributed by atoms with Crippen LogP contribution >= 0.6 is 0 Å². The van der Waals surface area contributed by atoms with Crippen LogP contribution in [0.5, 0.6) is 5.75 Å². The standard InChI is InChI=1S/C23H22N2O5/c1-3-14-29-17-10-8-16(9-11-17)22(26)25-24-15-18-12-13-21(30-18)19-6-4-5-7-20(19)23(27)28-2/h4-13,15H,3,14H2,1-2H3,(H,25,26)/b24-15+. The lowest BCUT2D eigenvalue weighted by Gasteiger charge is -2.05. The Bertz CT molecular complexity index is 1040. The number of amides is 1. The molecule has 0 saturated carbocycles. The number of hydrogen-bond acceptors (Lipinski definition) is 6. The minimum absolute atomic E-state index is 0.351. The molecule has 0 aliphatic carbocycles. The van der Waals surface area contributed by atoms with E-state index < -0.39 is 5.97 Å². The number of carbonyl (C=O) groups excluding carboxylic acids is 2.